The van der Waals surface area contributed by atoms with Crippen LogP contribution in [0.15, 0.2) is 36.8 Å². The molecule has 0 radical (unpaired) electrons. The van der Waals surface area contributed by atoms with Crippen molar-refractivity contribution in [3.05, 3.63) is 48.4 Å². The lowest BCUT2D eigenvalue weighted by Crippen LogP contribution is -2.31. The van der Waals surface area contributed by atoms with E-state index in [-0.39, 0.29) is 17.9 Å². The quantitative estimate of drug-likeness (QED) is 0.796. The molecular weight excluding hydrogens is 275 g/mol. The molecule has 0 saturated carbocycles. The van der Waals surface area contributed by atoms with Crippen molar-refractivity contribution in [2.75, 3.05) is 13.1 Å². The summed E-state index contributed by atoms with van der Waals surface area (Å²) >= 11 is 0. The fourth-order valence-electron chi connectivity index (χ4n) is 2.21. The second kappa shape index (κ2) is 5.82. The highest BCUT2D eigenvalue weighted by Gasteiger charge is 2.29. The molecule has 6 nitrogen and oxygen atoms in total. The summed E-state index contributed by atoms with van der Waals surface area (Å²) < 4.78 is 18.6. The van der Waals surface area contributed by atoms with Gasteiger partial charge in [-0.25, -0.2) is 4.98 Å². The molecule has 2 aromatic heterocycles. The van der Waals surface area contributed by atoms with Crippen LogP contribution in [0.25, 0.3) is 0 Å². The van der Waals surface area contributed by atoms with Crippen LogP contribution < -0.4 is 4.74 Å². The van der Waals surface area contributed by atoms with Crippen molar-refractivity contribution in [3.63, 3.8) is 0 Å². The van der Waals surface area contributed by atoms with E-state index < -0.39 is 5.95 Å². The van der Waals surface area contributed by atoms with Gasteiger partial charge in [0.15, 0.2) is 0 Å². The third kappa shape index (κ3) is 3.13. The van der Waals surface area contributed by atoms with Gasteiger partial charge >= 0.3 is 0 Å². The zero-order valence-electron chi connectivity index (χ0n) is 11.1. The van der Waals surface area contributed by atoms with Crippen LogP contribution in [0.1, 0.15) is 16.9 Å². The van der Waals surface area contributed by atoms with E-state index >= 15 is 0 Å². The number of carbonyl (C=O) groups is 1. The van der Waals surface area contributed by atoms with Crippen molar-refractivity contribution >= 4 is 5.91 Å². The lowest BCUT2D eigenvalue weighted by atomic mass is 10.3. The molecule has 1 aliphatic heterocycles. The first-order valence-corrected chi connectivity index (χ1v) is 6.57. The number of likely N-dealkylation sites (tertiary alicyclic amines) is 1. The molecule has 0 aromatic carbocycles. The van der Waals surface area contributed by atoms with Gasteiger partial charge in [0.2, 0.25) is 11.8 Å². The molecule has 1 saturated heterocycles. The van der Waals surface area contributed by atoms with Crippen LogP contribution >= 0.6 is 0 Å². The van der Waals surface area contributed by atoms with Gasteiger partial charge in [-0.1, -0.05) is 6.07 Å². The zero-order chi connectivity index (χ0) is 14.7. The van der Waals surface area contributed by atoms with Crippen molar-refractivity contribution in [1.29, 1.82) is 0 Å². The van der Waals surface area contributed by atoms with Crippen molar-refractivity contribution in [2.45, 2.75) is 12.5 Å². The summed E-state index contributed by atoms with van der Waals surface area (Å²) in [7, 11) is 0. The Morgan fingerprint density at radius 3 is 3.05 bits per heavy atom. The lowest BCUT2D eigenvalue weighted by Gasteiger charge is -2.16. The number of carbonyl (C=O) groups excluding carboxylic acids is 1. The molecule has 21 heavy (non-hydrogen) atoms. The van der Waals surface area contributed by atoms with Gasteiger partial charge in [-0.3, -0.25) is 9.78 Å². The molecule has 3 rings (SSSR count). The number of hydrogen-bond acceptors (Lipinski definition) is 5. The summed E-state index contributed by atoms with van der Waals surface area (Å²) in [5, 5.41) is 0. The number of ether oxygens (including phenoxy) is 1. The number of halogens is 1. The number of hydrogen-bond donors (Lipinski definition) is 0. The molecule has 108 valence electrons. The Morgan fingerprint density at radius 2 is 2.29 bits per heavy atom. The Kier molecular flexibility index (Phi) is 3.72. The van der Waals surface area contributed by atoms with Crippen molar-refractivity contribution < 1.29 is 13.9 Å². The zero-order valence-corrected chi connectivity index (χ0v) is 11.1. The molecule has 0 spiro atoms. The molecule has 1 amide bonds. The molecule has 1 fully saturated rings. The monoisotopic (exact) mass is 288 g/mol. The Labute approximate surface area is 120 Å². The maximum atomic E-state index is 13.0. The van der Waals surface area contributed by atoms with E-state index in [0.717, 1.165) is 0 Å². The number of aromatic nitrogens is 3. The smallest absolute Gasteiger partial charge is 0.274 e. The van der Waals surface area contributed by atoms with Gasteiger partial charge in [-0.2, -0.15) is 9.37 Å². The van der Waals surface area contributed by atoms with Crippen LogP contribution in [0.2, 0.25) is 0 Å². The highest BCUT2D eigenvalue weighted by molar-refractivity contribution is 5.92. The standard InChI is InChI=1S/C14H13FN4O2/c15-12-2-1-3-13(18-12)21-10-4-7-19(9-10)14(20)11-8-16-5-6-17-11/h1-3,5-6,8,10H,4,7,9H2. The van der Waals surface area contributed by atoms with Crippen LogP contribution in [0.5, 0.6) is 5.88 Å². The molecule has 1 atom stereocenters. The van der Waals surface area contributed by atoms with Gasteiger partial charge in [0.1, 0.15) is 11.8 Å². The van der Waals surface area contributed by atoms with Gasteiger partial charge in [0.05, 0.1) is 12.7 Å². The van der Waals surface area contributed by atoms with Gasteiger partial charge < -0.3 is 9.64 Å². The molecule has 7 heteroatoms. The summed E-state index contributed by atoms with van der Waals surface area (Å²) in [5.74, 6) is -0.534. The Balaban J connectivity index is 1.62. The summed E-state index contributed by atoms with van der Waals surface area (Å²) in [6.45, 7) is 0.989. The normalized spacial score (nSPS) is 17.8. The highest BCUT2D eigenvalue weighted by atomic mass is 19.1. The first-order chi connectivity index (χ1) is 10.2. The van der Waals surface area contributed by atoms with Crippen LogP contribution in [-0.4, -0.2) is 45.0 Å². The average Bonchev–Trinajstić information content (AvgIpc) is 2.96. The molecule has 0 aliphatic carbocycles. The largest absolute Gasteiger partial charge is 0.472 e. The minimum absolute atomic E-state index is 0.179. The van der Waals surface area contributed by atoms with E-state index in [4.69, 9.17) is 4.74 Å². The van der Waals surface area contributed by atoms with E-state index in [1.807, 2.05) is 0 Å². The van der Waals surface area contributed by atoms with Gasteiger partial charge in [-0.05, 0) is 6.07 Å². The van der Waals surface area contributed by atoms with Gasteiger partial charge in [-0.15, -0.1) is 0 Å². The van der Waals surface area contributed by atoms with Crippen LogP contribution in [0.4, 0.5) is 4.39 Å². The average molecular weight is 288 g/mol. The van der Waals surface area contributed by atoms with E-state index in [2.05, 4.69) is 15.0 Å². The van der Waals surface area contributed by atoms with E-state index in [1.165, 1.54) is 30.7 Å². The first kappa shape index (κ1) is 13.4. The summed E-state index contributed by atoms with van der Waals surface area (Å²) in [6, 6.07) is 4.39. The first-order valence-electron chi connectivity index (χ1n) is 6.57. The maximum Gasteiger partial charge on any atom is 0.274 e. The topological polar surface area (TPSA) is 68.2 Å². The van der Waals surface area contributed by atoms with E-state index in [1.54, 1.807) is 11.0 Å². The van der Waals surface area contributed by atoms with Crippen LogP contribution in [0.3, 0.4) is 0 Å². The number of rotatable bonds is 3. The summed E-state index contributed by atoms with van der Waals surface area (Å²) in [5.41, 5.74) is 0.307. The predicted molar refractivity (Wildman–Crippen MR) is 71.2 cm³/mol. The summed E-state index contributed by atoms with van der Waals surface area (Å²) in [4.78, 5) is 25.4. The second-order valence-electron chi connectivity index (χ2n) is 4.67. The van der Waals surface area contributed by atoms with Crippen molar-refractivity contribution in [2.24, 2.45) is 0 Å². The molecule has 1 aliphatic rings. The van der Waals surface area contributed by atoms with Crippen LogP contribution in [-0.2, 0) is 0 Å². The Morgan fingerprint density at radius 1 is 1.38 bits per heavy atom. The number of pyridine rings is 1. The summed E-state index contributed by atoms with van der Waals surface area (Å²) in [6.07, 6.45) is 4.91. The lowest BCUT2D eigenvalue weighted by molar-refractivity contribution is 0.0764. The third-order valence-corrected chi connectivity index (χ3v) is 3.19. The Bertz CT molecular complexity index is 638. The van der Waals surface area contributed by atoms with E-state index in [0.29, 0.717) is 25.2 Å². The predicted octanol–water partition coefficient (Wildman–Crippen LogP) is 1.30. The second-order valence-corrected chi connectivity index (χ2v) is 4.67. The van der Waals surface area contributed by atoms with Crippen molar-refractivity contribution in [3.8, 4) is 5.88 Å². The Hall–Kier alpha value is -2.57. The molecule has 2 aromatic rings. The molecule has 1 unspecified atom stereocenters. The molecule has 0 bridgehead atoms. The molecule has 3 heterocycles. The number of amides is 1. The van der Waals surface area contributed by atoms with Gasteiger partial charge in [0.25, 0.3) is 5.91 Å². The van der Waals surface area contributed by atoms with Gasteiger partial charge in [0, 0.05) is 31.4 Å². The van der Waals surface area contributed by atoms with E-state index in [9.17, 15) is 9.18 Å². The molecule has 0 N–H and O–H groups in total. The van der Waals surface area contributed by atoms with Crippen molar-refractivity contribution in [1.82, 2.24) is 19.9 Å². The molecular formula is C14H13FN4O2. The highest BCUT2D eigenvalue weighted by Crippen LogP contribution is 2.18. The number of nitrogens with zero attached hydrogens (tertiary/aromatic N) is 4. The minimum Gasteiger partial charge on any atom is -0.472 e. The SMILES string of the molecule is O=C(c1cnccn1)N1CCC(Oc2cccc(F)n2)C1. The fraction of sp³-hybridized carbons (Fsp3) is 0.286. The minimum atomic E-state index is -0.585. The third-order valence-electron chi connectivity index (χ3n) is 3.19. The van der Waals surface area contributed by atoms with Crippen LogP contribution in [0, 0.1) is 5.95 Å². The fourth-order valence-corrected chi connectivity index (χ4v) is 2.21. The maximum absolute atomic E-state index is 13.0.